The zero-order valence-electron chi connectivity index (χ0n) is 12.4. The Morgan fingerprint density at radius 2 is 2.24 bits per heavy atom. The first-order chi connectivity index (χ1) is 10.1. The molecule has 1 heterocycles. The van der Waals surface area contributed by atoms with E-state index in [0.717, 1.165) is 38.2 Å². The third-order valence-electron chi connectivity index (χ3n) is 3.99. The van der Waals surface area contributed by atoms with Gasteiger partial charge < -0.3 is 10.4 Å². The van der Waals surface area contributed by atoms with E-state index in [1.165, 1.54) is 6.07 Å². The van der Waals surface area contributed by atoms with Crippen molar-refractivity contribution in [3.63, 3.8) is 0 Å². The van der Waals surface area contributed by atoms with Crippen molar-refractivity contribution in [2.24, 2.45) is 0 Å². The van der Waals surface area contributed by atoms with Gasteiger partial charge in [0.25, 0.3) is 0 Å². The average molecular weight is 294 g/mol. The summed E-state index contributed by atoms with van der Waals surface area (Å²) in [6.45, 7) is 5.37. The maximum Gasteiger partial charge on any atom is 0.304 e. The standard InChI is InChI=1S/C16H23FN2O2/c1-12-9-13(3-4-15(12)17)10-14(11-16(20)21)19-7-2-5-18-6-8-19/h3-4,9,14,18H,2,5-8,10-11H2,1H3,(H,20,21). The van der Waals surface area contributed by atoms with E-state index >= 15 is 0 Å². The Balaban J connectivity index is 2.10. The van der Waals surface area contributed by atoms with Crippen LogP contribution in [0.3, 0.4) is 0 Å². The molecule has 0 aliphatic carbocycles. The molecule has 0 radical (unpaired) electrons. The lowest BCUT2D eigenvalue weighted by atomic mass is 10.00. The third-order valence-corrected chi connectivity index (χ3v) is 3.99. The highest BCUT2D eigenvalue weighted by Gasteiger charge is 2.22. The third kappa shape index (κ3) is 4.79. The number of nitrogens with zero attached hydrogens (tertiary/aromatic N) is 1. The van der Waals surface area contributed by atoms with Gasteiger partial charge in [0.15, 0.2) is 0 Å². The normalized spacial score (nSPS) is 18.2. The number of benzene rings is 1. The molecule has 4 nitrogen and oxygen atoms in total. The monoisotopic (exact) mass is 294 g/mol. The molecule has 5 heteroatoms. The maximum atomic E-state index is 13.3. The molecule has 1 fully saturated rings. The molecule has 2 N–H and O–H groups in total. The number of nitrogens with one attached hydrogen (secondary N) is 1. The highest BCUT2D eigenvalue weighted by molar-refractivity contribution is 5.67. The number of hydrogen-bond donors (Lipinski definition) is 2. The minimum Gasteiger partial charge on any atom is -0.481 e. The van der Waals surface area contributed by atoms with Gasteiger partial charge in [-0.3, -0.25) is 9.69 Å². The van der Waals surface area contributed by atoms with Gasteiger partial charge in [0.05, 0.1) is 6.42 Å². The lowest BCUT2D eigenvalue weighted by molar-refractivity contribution is -0.138. The van der Waals surface area contributed by atoms with Gasteiger partial charge in [-0.15, -0.1) is 0 Å². The molecule has 21 heavy (non-hydrogen) atoms. The van der Waals surface area contributed by atoms with E-state index in [4.69, 9.17) is 5.11 Å². The van der Waals surface area contributed by atoms with Crippen molar-refractivity contribution in [3.05, 3.63) is 35.1 Å². The molecule has 0 spiro atoms. The van der Waals surface area contributed by atoms with Crippen molar-refractivity contribution in [3.8, 4) is 0 Å². The predicted octanol–water partition coefficient (Wildman–Crippen LogP) is 1.82. The van der Waals surface area contributed by atoms with Gasteiger partial charge in [-0.25, -0.2) is 4.39 Å². The lowest BCUT2D eigenvalue weighted by Crippen LogP contribution is -2.40. The molecule has 1 unspecified atom stereocenters. The summed E-state index contributed by atoms with van der Waals surface area (Å²) >= 11 is 0. The fourth-order valence-corrected chi connectivity index (χ4v) is 2.87. The number of rotatable bonds is 5. The Hall–Kier alpha value is -1.46. The fourth-order valence-electron chi connectivity index (χ4n) is 2.87. The maximum absolute atomic E-state index is 13.3. The second kappa shape index (κ2) is 7.52. The number of carbonyl (C=O) groups is 1. The Labute approximate surface area is 125 Å². The van der Waals surface area contributed by atoms with Gasteiger partial charge in [-0.2, -0.15) is 0 Å². The highest BCUT2D eigenvalue weighted by atomic mass is 19.1. The van der Waals surface area contributed by atoms with Crippen LogP contribution in [0.25, 0.3) is 0 Å². The molecule has 1 aromatic carbocycles. The predicted molar refractivity (Wildman–Crippen MR) is 79.9 cm³/mol. The quantitative estimate of drug-likeness (QED) is 0.870. The Bertz CT molecular complexity index is 485. The summed E-state index contributed by atoms with van der Waals surface area (Å²) in [7, 11) is 0. The Morgan fingerprint density at radius 3 is 2.95 bits per heavy atom. The van der Waals surface area contributed by atoms with Crippen LogP contribution < -0.4 is 5.32 Å². The van der Waals surface area contributed by atoms with Gasteiger partial charge in [0.2, 0.25) is 0 Å². The molecule has 2 rings (SSSR count). The minimum atomic E-state index is -0.781. The second-order valence-electron chi connectivity index (χ2n) is 5.68. The zero-order valence-corrected chi connectivity index (χ0v) is 12.4. The Morgan fingerprint density at radius 1 is 1.43 bits per heavy atom. The first-order valence-corrected chi connectivity index (χ1v) is 7.48. The first-order valence-electron chi connectivity index (χ1n) is 7.48. The van der Waals surface area contributed by atoms with E-state index in [-0.39, 0.29) is 18.3 Å². The fraction of sp³-hybridized carbons (Fsp3) is 0.562. The summed E-state index contributed by atoms with van der Waals surface area (Å²) in [5.41, 5.74) is 1.61. The summed E-state index contributed by atoms with van der Waals surface area (Å²) in [6.07, 6.45) is 1.79. The van der Waals surface area contributed by atoms with E-state index in [9.17, 15) is 9.18 Å². The molecular weight excluding hydrogens is 271 g/mol. The molecule has 1 aliphatic rings. The van der Waals surface area contributed by atoms with Gasteiger partial charge >= 0.3 is 5.97 Å². The topological polar surface area (TPSA) is 52.6 Å². The average Bonchev–Trinajstić information content (AvgIpc) is 2.70. The molecule has 0 saturated carbocycles. The van der Waals surface area contributed by atoms with Crippen molar-refractivity contribution in [1.29, 1.82) is 0 Å². The number of aryl methyl sites for hydroxylation is 1. The van der Waals surface area contributed by atoms with Crippen LogP contribution in [0.5, 0.6) is 0 Å². The van der Waals surface area contributed by atoms with Gasteiger partial charge in [-0.05, 0) is 50.0 Å². The van der Waals surface area contributed by atoms with Crippen molar-refractivity contribution < 1.29 is 14.3 Å². The van der Waals surface area contributed by atoms with Crippen LogP contribution in [-0.2, 0) is 11.2 Å². The Kier molecular flexibility index (Phi) is 5.70. The van der Waals surface area contributed by atoms with Crippen LogP contribution in [-0.4, -0.2) is 48.2 Å². The molecule has 0 bridgehead atoms. The molecule has 116 valence electrons. The smallest absolute Gasteiger partial charge is 0.304 e. The number of carboxylic acid groups (broad SMARTS) is 1. The van der Waals surface area contributed by atoms with E-state index in [0.29, 0.717) is 12.0 Å². The van der Waals surface area contributed by atoms with Crippen LogP contribution in [0.4, 0.5) is 4.39 Å². The van der Waals surface area contributed by atoms with Crippen molar-refractivity contribution in [2.75, 3.05) is 26.2 Å². The number of halogens is 1. The van der Waals surface area contributed by atoms with E-state index in [1.807, 2.05) is 6.07 Å². The van der Waals surface area contributed by atoms with E-state index in [1.54, 1.807) is 13.0 Å². The molecular formula is C16H23FN2O2. The molecule has 0 amide bonds. The molecule has 0 aromatic heterocycles. The minimum absolute atomic E-state index is 0.0349. The summed E-state index contributed by atoms with van der Waals surface area (Å²) in [6, 6.07) is 5.01. The molecule has 1 aliphatic heterocycles. The van der Waals surface area contributed by atoms with Crippen molar-refractivity contribution in [1.82, 2.24) is 10.2 Å². The van der Waals surface area contributed by atoms with Crippen LogP contribution in [0.15, 0.2) is 18.2 Å². The van der Waals surface area contributed by atoms with Crippen molar-refractivity contribution >= 4 is 5.97 Å². The largest absolute Gasteiger partial charge is 0.481 e. The molecule has 1 saturated heterocycles. The second-order valence-corrected chi connectivity index (χ2v) is 5.68. The van der Waals surface area contributed by atoms with Crippen LogP contribution in [0.1, 0.15) is 24.0 Å². The van der Waals surface area contributed by atoms with Gasteiger partial charge in [0, 0.05) is 19.1 Å². The number of hydrogen-bond acceptors (Lipinski definition) is 3. The number of aliphatic carboxylic acids is 1. The van der Waals surface area contributed by atoms with Crippen LogP contribution >= 0.6 is 0 Å². The first kappa shape index (κ1) is 15.9. The zero-order chi connectivity index (χ0) is 15.2. The van der Waals surface area contributed by atoms with E-state index < -0.39 is 5.97 Å². The van der Waals surface area contributed by atoms with Gasteiger partial charge in [0.1, 0.15) is 5.82 Å². The summed E-state index contributed by atoms with van der Waals surface area (Å²) in [5.74, 6) is -0.997. The summed E-state index contributed by atoms with van der Waals surface area (Å²) < 4.78 is 13.3. The number of carboxylic acids is 1. The van der Waals surface area contributed by atoms with Crippen LogP contribution in [0, 0.1) is 12.7 Å². The van der Waals surface area contributed by atoms with Crippen molar-refractivity contribution in [2.45, 2.75) is 32.2 Å². The highest BCUT2D eigenvalue weighted by Crippen LogP contribution is 2.16. The SMILES string of the molecule is Cc1cc(CC(CC(=O)O)N2CCCNCC2)ccc1F. The lowest BCUT2D eigenvalue weighted by Gasteiger charge is -2.29. The molecule has 1 aromatic rings. The van der Waals surface area contributed by atoms with Crippen LogP contribution in [0.2, 0.25) is 0 Å². The summed E-state index contributed by atoms with van der Waals surface area (Å²) in [5, 5.41) is 12.5. The molecule has 1 atom stereocenters. The summed E-state index contributed by atoms with van der Waals surface area (Å²) in [4.78, 5) is 13.4. The van der Waals surface area contributed by atoms with Gasteiger partial charge in [-0.1, -0.05) is 12.1 Å². The van der Waals surface area contributed by atoms with E-state index in [2.05, 4.69) is 10.2 Å².